The lowest BCUT2D eigenvalue weighted by atomic mass is 10.1. The lowest BCUT2D eigenvalue weighted by Gasteiger charge is -2.22. The summed E-state index contributed by atoms with van der Waals surface area (Å²) in [6, 6.07) is 8.57. The van der Waals surface area contributed by atoms with Crippen LogP contribution in [-0.4, -0.2) is 59.9 Å². The summed E-state index contributed by atoms with van der Waals surface area (Å²) >= 11 is 0. The van der Waals surface area contributed by atoms with Crippen molar-refractivity contribution in [1.29, 1.82) is 0 Å². The van der Waals surface area contributed by atoms with Crippen LogP contribution in [0.1, 0.15) is 18.9 Å². The molecule has 0 saturated carbocycles. The molecular weight excluding hydrogens is 312 g/mol. The molecule has 1 aliphatic rings. The van der Waals surface area contributed by atoms with Crippen molar-refractivity contribution in [1.82, 2.24) is 0 Å². The monoisotopic (exact) mass is 341 g/mol. The summed E-state index contributed by atoms with van der Waals surface area (Å²) < 4.78 is 2.33. The molecule has 2 N–H and O–H groups in total. The second-order valence-corrected chi connectivity index (χ2v) is 6.17. The van der Waals surface area contributed by atoms with Gasteiger partial charge in [0.25, 0.3) is 0 Å². The van der Waals surface area contributed by atoms with Crippen molar-refractivity contribution in [3.63, 3.8) is 0 Å². The molecule has 0 aliphatic carbocycles. The van der Waals surface area contributed by atoms with E-state index in [2.05, 4.69) is 54.7 Å². The molecule has 0 spiro atoms. The highest BCUT2D eigenvalue weighted by Crippen LogP contribution is 2.18. The van der Waals surface area contributed by atoms with E-state index in [4.69, 9.17) is 10.2 Å². The predicted molar refractivity (Wildman–Crippen MR) is 105 cm³/mol. The van der Waals surface area contributed by atoms with Gasteiger partial charge in [0.15, 0.2) is 12.3 Å². The number of aliphatic hydroxyl groups is 2. The minimum absolute atomic E-state index is 0.0759. The fourth-order valence-corrected chi connectivity index (χ4v) is 2.95. The van der Waals surface area contributed by atoms with Crippen molar-refractivity contribution in [2.45, 2.75) is 19.4 Å². The Morgan fingerprint density at radius 2 is 1.80 bits per heavy atom. The number of rotatable bonds is 10. The second kappa shape index (κ2) is 9.97. The Morgan fingerprint density at radius 1 is 1.12 bits per heavy atom. The highest BCUT2D eigenvalue weighted by Gasteiger charge is 2.22. The van der Waals surface area contributed by atoms with Gasteiger partial charge in [0.05, 0.1) is 13.2 Å². The van der Waals surface area contributed by atoms with Crippen LogP contribution in [0, 0.1) is 0 Å². The first kappa shape index (κ1) is 19.2. The highest BCUT2D eigenvalue weighted by molar-refractivity contribution is 5.73. The fourth-order valence-electron chi connectivity index (χ4n) is 2.95. The summed E-state index contributed by atoms with van der Waals surface area (Å²) in [6.07, 6.45) is 11.6. The minimum Gasteiger partial charge on any atom is -0.395 e. The van der Waals surface area contributed by atoms with Gasteiger partial charge in [-0.1, -0.05) is 30.4 Å². The highest BCUT2D eigenvalue weighted by atomic mass is 16.3. The molecule has 0 aromatic heterocycles. The molecule has 25 heavy (non-hydrogen) atoms. The number of allylic oxidation sites excluding steroid dienone is 1. The van der Waals surface area contributed by atoms with Gasteiger partial charge >= 0.3 is 0 Å². The summed E-state index contributed by atoms with van der Waals surface area (Å²) in [6.45, 7) is 8.20. The van der Waals surface area contributed by atoms with Gasteiger partial charge in [0.1, 0.15) is 6.54 Å². The Kier molecular flexibility index (Phi) is 7.64. The molecule has 4 heteroatoms. The number of hydrogen-bond acceptors (Lipinski definition) is 3. The summed E-state index contributed by atoms with van der Waals surface area (Å²) in [5.74, 6) is 0. The second-order valence-electron chi connectivity index (χ2n) is 6.17. The first-order valence-electron chi connectivity index (χ1n) is 8.86. The first-order chi connectivity index (χ1) is 12.2. The molecule has 2 rings (SSSR count). The quantitative estimate of drug-likeness (QED) is 0.508. The van der Waals surface area contributed by atoms with E-state index in [-0.39, 0.29) is 13.2 Å². The first-order valence-corrected chi connectivity index (χ1v) is 8.86. The molecule has 0 fully saturated rings. The SMILES string of the molecule is C=CCC[N+]1=CC=C(/C=C/c2ccc(N(CCO)CCO)cc2)C1C. The van der Waals surface area contributed by atoms with Crippen LogP contribution in [0.25, 0.3) is 6.08 Å². The Labute approximate surface area is 150 Å². The summed E-state index contributed by atoms with van der Waals surface area (Å²) in [5, 5.41) is 18.3. The van der Waals surface area contributed by atoms with Crippen LogP contribution in [0.4, 0.5) is 5.69 Å². The average Bonchev–Trinajstić information content (AvgIpc) is 2.98. The zero-order valence-electron chi connectivity index (χ0n) is 15.0. The molecule has 1 atom stereocenters. The lowest BCUT2D eigenvalue weighted by molar-refractivity contribution is -0.543. The smallest absolute Gasteiger partial charge is 0.175 e. The molecule has 1 unspecified atom stereocenters. The molecule has 134 valence electrons. The van der Waals surface area contributed by atoms with Crippen molar-refractivity contribution < 1.29 is 14.8 Å². The number of nitrogens with zero attached hydrogens (tertiary/aromatic N) is 2. The van der Waals surface area contributed by atoms with Crippen LogP contribution in [0.3, 0.4) is 0 Å². The van der Waals surface area contributed by atoms with Crippen molar-refractivity contribution in [3.05, 3.63) is 60.2 Å². The maximum Gasteiger partial charge on any atom is 0.175 e. The van der Waals surface area contributed by atoms with E-state index >= 15 is 0 Å². The Bertz CT molecular complexity index is 638. The Balaban J connectivity index is 1.97. The van der Waals surface area contributed by atoms with Gasteiger partial charge in [-0.2, -0.15) is 0 Å². The van der Waals surface area contributed by atoms with Crippen LogP contribution < -0.4 is 4.90 Å². The molecule has 0 bridgehead atoms. The summed E-state index contributed by atoms with van der Waals surface area (Å²) in [7, 11) is 0. The zero-order valence-corrected chi connectivity index (χ0v) is 15.0. The maximum absolute atomic E-state index is 9.13. The van der Waals surface area contributed by atoms with E-state index in [0.717, 1.165) is 24.2 Å². The zero-order chi connectivity index (χ0) is 18.1. The minimum atomic E-state index is 0.0759. The fraction of sp³-hybridized carbons (Fsp3) is 0.381. The van der Waals surface area contributed by atoms with Crippen LogP contribution in [0.2, 0.25) is 0 Å². The van der Waals surface area contributed by atoms with Gasteiger partial charge in [-0.15, -0.1) is 6.58 Å². The third-order valence-electron chi connectivity index (χ3n) is 4.50. The summed E-state index contributed by atoms with van der Waals surface area (Å²) in [4.78, 5) is 1.97. The number of anilines is 1. The largest absolute Gasteiger partial charge is 0.395 e. The molecule has 0 saturated heterocycles. The molecule has 0 amide bonds. The van der Waals surface area contributed by atoms with Gasteiger partial charge in [0.2, 0.25) is 0 Å². The molecule has 1 aromatic carbocycles. The van der Waals surface area contributed by atoms with Crippen LogP contribution in [-0.2, 0) is 0 Å². The molecule has 4 nitrogen and oxygen atoms in total. The topological polar surface area (TPSA) is 46.7 Å². The van der Waals surface area contributed by atoms with Crippen LogP contribution >= 0.6 is 0 Å². The number of aliphatic hydroxyl groups excluding tert-OH is 2. The average molecular weight is 341 g/mol. The van der Waals surface area contributed by atoms with Crippen LogP contribution in [0.15, 0.2) is 54.6 Å². The third kappa shape index (κ3) is 5.41. The molecule has 1 heterocycles. The maximum atomic E-state index is 9.13. The standard InChI is InChI=1S/C21H29N2O2/c1-3-4-12-22-13-11-20(18(22)2)8-5-19-6-9-21(10-7-19)23(14-16-24)15-17-25/h3,5-11,13,18,24-25H,1,4,12,14-17H2,2H3/q+1. The third-order valence-corrected chi connectivity index (χ3v) is 4.50. The van der Waals surface area contributed by atoms with Gasteiger partial charge in [-0.25, -0.2) is 4.58 Å². The lowest BCUT2D eigenvalue weighted by Crippen LogP contribution is -2.29. The molecular formula is C21H29N2O2+. The van der Waals surface area contributed by atoms with Gasteiger partial charge < -0.3 is 15.1 Å². The normalized spacial score (nSPS) is 16.8. The van der Waals surface area contributed by atoms with Gasteiger partial charge in [-0.3, -0.25) is 0 Å². The Morgan fingerprint density at radius 3 is 2.40 bits per heavy atom. The van der Waals surface area contributed by atoms with E-state index in [1.165, 1.54) is 5.57 Å². The van der Waals surface area contributed by atoms with Gasteiger partial charge in [0, 0.05) is 43.8 Å². The number of hydrogen-bond donors (Lipinski definition) is 2. The van der Waals surface area contributed by atoms with E-state index in [0.29, 0.717) is 19.1 Å². The van der Waals surface area contributed by atoms with Crippen molar-refractivity contribution in [3.8, 4) is 0 Å². The van der Waals surface area contributed by atoms with E-state index < -0.39 is 0 Å². The molecule has 1 aromatic rings. The van der Waals surface area contributed by atoms with E-state index in [1.807, 2.05) is 23.1 Å². The summed E-state index contributed by atoms with van der Waals surface area (Å²) in [5.41, 5.74) is 3.45. The predicted octanol–water partition coefficient (Wildman–Crippen LogP) is 2.48. The van der Waals surface area contributed by atoms with Crippen molar-refractivity contribution in [2.75, 3.05) is 37.7 Å². The van der Waals surface area contributed by atoms with E-state index in [1.54, 1.807) is 0 Å². The molecule has 0 radical (unpaired) electrons. The van der Waals surface area contributed by atoms with Crippen LogP contribution in [0.5, 0.6) is 0 Å². The molecule has 1 aliphatic heterocycles. The van der Waals surface area contributed by atoms with E-state index in [9.17, 15) is 0 Å². The van der Waals surface area contributed by atoms with Gasteiger partial charge in [-0.05, 0) is 17.7 Å². The number of benzene rings is 1. The Hall–Kier alpha value is -2.17. The van der Waals surface area contributed by atoms with Crippen molar-refractivity contribution >= 4 is 18.0 Å². The van der Waals surface area contributed by atoms with Crippen molar-refractivity contribution in [2.24, 2.45) is 0 Å².